The standard InChI is InChI=1S/C32H44N4O3/c1-4-38-29-15-11-14-28-25-34(24-27-12-7-5-8-13-27)21-22-35(18-9-6-10-23-39-31(28)29)30(37)16-19-36-20-17-33-32(36)26(2)3/h5,7-8,11-15,17,20,26H,4,6,9-10,16,18-19,21-25H2,1-3H3. The Morgan fingerprint density at radius 1 is 1.03 bits per heavy atom. The lowest BCUT2D eigenvalue weighted by atomic mass is 10.1. The Hall–Kier alpha value is -3.32. The highest BCUT2D eigenvalue weighted by Crippen LogP contribution is 2.33. The summed E-state index contributed by atoms with van der Waals surface area (Å²) >= 11 is 0. The van der Waals surface area contributed by atoms with Gasteiger partial charge in [-0.15, -0.1) is 0 Å². The Balaban J connectivity index is 1.52. The van der Waals surface area contributed by atoms with Gasteiger partial charge in [0.1, 0.15) is 5.82 Å². The summed E-state index contributed by atoms with van der Waals surface area (Å²) in [5.74, 6) is 3.24. The normalized spacial score (nSPS) is 15.5. The van der Waals surface area contributed by atoms with E-state index in [0.29, 0.717) is 38.6 Å². The van der Waals surface area contributed by atoms with E-state index in [1.165, 1.54) is 5.56 Å². The second-order valence-electron chi connectivity index (χ2n) is 10.5. The lowest BCUT2D eigenvalue weighted by molar-refractivity contribution is -0.131. The number of nitrogens with zero attached hydrogens (tertiary/aromatic N) is 4. The molecule has 0 aliphatic carbocycles. The molecule has 0 N–H and O–H groups in total. The SMILES string of the molecule is CCOc1cccc2c1OCCCCCN(C(=O)CCn1ccnc1C(C)C)CCN(Cc1ccccc1)C2. The van der Waals surface area contributed by atoms with Crippen molar-refractivity contribution < 1.29 is 14.3 Å². The summed E-state index contributed by atoms with van der Waals surface area (Å²) in [5.41, 5.74) is 2.37. The highest BCUT2D eigenvalue weighted by Gasteiger charge is 2.20. The van der Waals surface area contributed by atoms with Gasteiger partial charge < -0.3 is 18.9 Å². The van der Waals surface area contributed by atoms with E-state index < -0.39 is 0 Å². The fraction of sp³-hybridized carbons (Fsp3) is 0.500. The van der Waals surface area contributed by atoms with E-state index in [4.69, 9.17) is 9.47 Å². The number of hydrogen-bond donors (Lipinski definition) is 0. The van der Waals surface area contributed by atoms with Gasteiger partial charge in [-0.3, -0.25) is 9.69 Å². The van der Waals surface area contributed by atoms with Crippen molar-refractivity contribution in [3.8, 4) is 11.5 Å². The number of aromatic nitrogens is 2. The first kappa shape index (κ1) is 28.7. The second-order valence-corrected chi connectivity index (χ2v) is 10.5. The summed E-state index contributed by atoms with van der Waals surface area (Å²) in [6, 6.07) is 16.7. The van der Waals surface area contributed by atoms with Crippen molar-refractivity contribution in [2.24, 2.45) is 0 Å². The number of carbonyl (C=O) groups excluding carboxylic acids is 1. The number of hydrogen-bond acceptors (Lipinski definition) is 5. The molecule has 210 valence electrons. The third-order valence-electron chi connectivity index (χ3n) is 7.19. The van der Waals surface area contributed by atoms with Crippen molar-refractivity contribution >= 4 is 5.91 Å². The van der Waals surface area contributed by atoms with E-state index >= 15 is 0 Å². The summed E-state index contributed by atoms with van der Waals surface area (Å²) in [6.07, 6.45) is 7.23. The lowest BCUT2D eigenvalue weighted by Gasteiger charge is -2.29. The highest BCUT2D eigenvalue weighted by molar-refractivity contribution is 5.76. The Morgan fingerprint density at radius 2 is 1.87 bits per heavy atom. The zero-order valence-electron chi connectivity index (χ0n) is 23.8. The van der Waals surface area contributed by atoms with Crippen LogP contribution in [0.1, 0.15) is 69.3 Å². The molecule has 0 unspecified atom stereocenters. The maximum absolute atomic E-state index is 13.5. The Labute approximate surface area is 233 Å². The topological polar surface area (TPSA) is 59.8 Å². The molecular weight excluding hydrogens is 488 g/mol. The maximum Gasteiger partial charge on any atom is 0.224 e. The van der Waals surface area contributed by atoms with Crippen molar-refractivity contribution in [3.63, 3.8) is 0 Å². The van der Waals surface area contributed by atoms with Gasteiger partial charge >= 0.3 is 0 Å². The van der Waals surface area contributed by atoms with Crippen LogP contribution in [0, 0.1) is 0 Å². The molecular formula is C32H44N4O3. The average Bonchev–Trinajstić information content (AvgIpc) is 3.42. The lowest BCUT2D eigenvalue weighted by Crippen LogP contribution is -2.39. The fourth-order valence-corrected chi connectivity index (χ4v) is 5.18. The van der Waals surface area contributed by atoms with Gasteiger partial charge in [-0.25, -0.2) is 4.98 Å². The third-order valence-corrected chi connectivity index (χ3v) is 7.19. The summed E-state index contributed by atoms with van der Waals surface area (Å²) in [7, 11) is 0. The molecule has 0 bridgehead atoms. The first-order chi connectivity index (χ1) is 19.0. The van der Waals surface area contributed by atoms with Crippen LogP contribution in [0.5, 0.6) is 11.5 Å². The van der Waals surface area contributed by atoms with Crippen LogP contribution in [-0.2, 0) is 24.4 Å². The average molecular weight is 533 g/mol. The Morgan fingerprint density at radius 3 is 2.67 bits per heavy atom. The molecule has 7 nitrogen and oxygen atoms in total. The summed E-state index contributed by atoms with van der Waals surface area (Å²) in [4.78, 5) is 22.4. The summed E-state index contributed by atoms with van der Waals surface area (Å²) < 4.78 is 14.4. The molecule has 1 aromatic heterocycles. The molecule has 0 saturated heterocycles. The van der Waals surface area contributed by atoms with Crippen LogP contribution >= 0.6 is 0 Å². The Bertz CT molecular complexity index is 1160. The molecule has 1 aliphatic heterocycles. The van der Waals surface area contributed by atoms with Gasteiger partial charge in [-0.05, 0) is 37.8 Å². The van der Waals surface area contributed by atoms with E-state index in [1.54, 1.807) is 0 Å². The largest absolute Gasteiger partial charge is 0.490 e. The van der Waals surface area contributed by atoms with Crippen LogP contribution in [-0.4, -0.2) is 58.1 Å². The Kier molecular flexibility index (Phi) is 10.8. The number of aryl methyl sites for hydroxylation is 1. The number of amides is 1. The molecule has 39 heavy (non-hydrogen) atoms. The third kappa shape index (κ3) is 8.33. The quantitative estimate of drug-likeness (QED) is 0.362. The van der Waals surface area contributed by atoms with Crippen LogP contribution < -0.4 is 9.47 Å². The van der Waals surface area contributed by atoms with E-state index in [1.807, 2.05) is 37.5 Å². The maximum atomic E-state index is 13.5. The van der Waals surface area contributed by atoms with Crippen molar-refractivity contribution in [1.82, 2.24) is 19.4 Å². The number of para-hydroxylation sites is 1. The van der Waals surface area contributed by atoms with Gasteiger partial charge in [0.2, 0.25) is 5.91 Å². The zero-order valence-corrected chi connectivity index (χ0v) is 23.8. The van der Waals surface area contributed by atoms with Crippen molar-refractivity contribution in [2.75, 3.05) is 32.8 Å². The predicted molar refractivity (Wildman–Crippen MR) is 155 cm³/mol. The zero-order chi connectivity index (χ0) is 27.5. The molecule has 1 aliphatic rings. The molecule has 7 heteroatoms. The van der Waals surface area contributed by atoms with Crippen LogP contribution in [0.2, 0.25) is 0 Å². The minimum absolute atomic E-state index is 0.211. The molecule has 0 fully saturated rings. The van der Waals surface area contributed by atoms with Crippen LogP contribution in [0.15, 0.2) is 60.9 Å². The van der Waals surface area contributed by atoms with Gasteiger partial charge in [0, 0.05) is 69.6 Å². The van der Waals surface area contributed by atoms with Crippen molar-refractivity contribution in [2.45, 2.75) is 72.0 Å². The van der Waals surface area contributed by atoms with Gasteiger partial charge in [-0.1, -0.05) is 56.3 Å². The molecule has 1 amide bonds. The molecule has 2 aromatic carbocycles. The molecule has 0 saturated carbocycles. The number of benzene rings is 2. The number of fused-ring (bicyclic) bond motifs is 1. The minimum atomic E-state index is 0.211. The number of rotatable bonds is 8. The number of ether oxygens (including phenoxy) is 2. The molecule has 0 spiro atoms. The monoisotopic (exact) mass is 532 g/mol. The molecule has 3 aromatic rings. The van der Waals surface area contributed by atoms with Crippen LogP contribution in [0.4, 0.5) is 0 Å². The van der Waals surface area contributed by atoms with Crippen LogP contribution in [0.3, 0.4) is 0 Å². The van der Waals surface area contributed by atoms with E-state index in [0.717, 1.165) is 68.3 Å². The predicted octanol–water partition coefficient (Wildman–Crippen LogP) is 5.89. The summed E-state index contributed by atoms with van der Waals surface area (Å²) in [6.45, 7) is 12.0. The molecule has 4 rings (SSSR count). The fourth-order valence-electron chi connectivity index (χ4n) is 5.18. The van der Waals surface area contributed by atoms with Crippen LogP contribution in [0.25, 0.3) is 0 Å². The minimum Gasteiger partial charge on any atom is -0.490 e. The van der Waals surface area contributed by atoms with Gasteiger partial charge in [-0.2, -0.15) is 0 Å². The van der Waals surface area contributed by atoms with Crippen molar-refractivity contribution in [1.29, 1.82) is 0 Å². The number of carbonyl (C=O) groups is 1. The molecule has 2 heterocycles. The molecule has 0 radical (unpaired) electrons. The first-order valence-electron chi connectivity index (χ1n) is 14.5. The van der Waals surface area contributed by atoms with Crippen molar-refractivity contribution in [3.05, 3.63) is 77.9 Å². The smallest absolute Gasteiger partial charge is 0.224 e. The highest BCUT2D eigenvalue weighted by atomic mass is 16.5. The van der Waals surface area contributed by atoms with E-state index in [9.17, 15) is 4.79 Å². The van der Waals surface area contributed by atoms with Gasteiger partial charge in [0.05, 0.1) is 13.2 Å². The summed E-state index contributed by atoms with van der Waals surface area (Å²) in [5, 5.41) is 0. The van der Waals surface area contributed by atoms with E-state index in [2.05, 4.69) is 63.5 Å². The van der Waals surface area contributed by atoms with Gasteiger partial charge in [0.15, 0.2) is 11.5 Å². The number of imidazole rings is 1. The van der Waals surface area contributed by atoms with E-state index in [-0.39, 0.29) is 5.91 Å². The molecule has 0 atom stereocenters. The van der Waals surface area contributed by atoms with Gasteiger partial charge in [0.25, 0.3) is 0 Å². The first-order valence-corrected chi connectivity index (χ1v) is 14.5. The second kappa shape index (κ2) is 14.7.